The van der Waals surface area contributed by atoms with Gasteiger partial charge in [0.2, 0.25) is 0 Å². The van der Waals surface area contributed by atoms with Crippen molar-refractivity contribution in [3.63, 3.8) is 0 Å². The lowest BCUT2D eigenvalue weighted by Crippen LogP contribution is -2.61. The van der Waals surface area contributed by atoms with Gasteiger partial charge in [0.25, 0.3) is 0 Å². The SMILES string of the molecule is CN(C)C1C[C@@H](COP(=O)(S)OP(=O)(O)OC2OC([C@@H](O)CO)C(O)C(O)C2O)O[C@H]1n1cnc2c(N)ncnc21. The van der Waals surface area contributed by atoms with Crippen LogP contribution < -0.4 is 5.73 Å². The maximum Gasteiger partial charge on any atom is 0.482 e. The Balaban J connectivity index is 1.39. The van der Waals surface area contributed by atoms with Gasteiger partial charge in [0.15, 0.2) is 24.0 Å². The first-order valence-electron chi connectivity index (χ1n) is 12.1. The Hall–Kier alpha value is -1.32. The van der Waals surface area contributed by atoms with E-state index in [1.54, 1.807) is 4.57 Å². The lowest BCUT2D eigenvalue weighted by atomic mass is 9.96. The molecule has 11 atom stereocenters. The molecule has 232 valence electrons. The predicted octanol–water partition coefficient (Wildman–Crippen LogP) is -2.02. The fourth-order valence-corrected chi connectivity index (χ4v) is 7.68. The molecule has 2 aliphatic rings. The minimum Gasteiger partial charge on any atom is -0.394 e. The zero-order valence-corrected chi connectivity index (χ0v) is 24.4. The average Bonchev–Trinajstić information content (AvgIpc) is 3.52. The first-order chi connectivity index (χ1) is 19.1. The standard InChI is InChI=1S/C19H32N6O13P2S/c1-24(2)9-3-8(35-18(9)25-7-23-11-16(20)21-6-22-17(11)25)5-34-40(33,41)38-39(31,32)37-19-14(30)12(28)13(29)15(36-19)10(27)4-26/h6-10,12-15,18-19,26-30H,3-5H2,1-2H3,(H,31,32)(H,33,41)(H2,20,21,22)/t8-,9?,10-,12?,13?,14?,15?,18+,19?,40?/m0/s1. The average molecular weight is 647 g/mol. The Kier molecular flexibility index (Phi) is 10.1. The van der Waals surface area contributed by atoms with E-state index in [2.05, 4.69) is 36.0 Å². The van der Waals surface area contributed by atoms with Crippen LogP contribution in [0.3, 0.4) is 0 Å². The number of nitrogens with two attached hydrogens (primary N) is 1. The number of nitrogens with zero attached hydrogens (tertiary/aromatic N) is 5. The number of fused-ring (bicyclic) bond motifs is 1. The number of likely N-dealkylation sites (N-methyl/N-ethyl adjacent to an activating group) is 1. The van der Waals surface area contributed by atoms with Gasteiger partial charge >= 0.3 is 14.6 Å². The molecule has 0 amide bonds. The third-order valence-electron chi connectivity index (χ3n) is 6.53. The first-order valence-corrected chi connectivity index (χ1v) is 16.3. The normalized spacial score (nSPS) is 34.5. The number of ether oxygens (including phenoxy) is 2. The summed E-state index contributed by atoms with van der Waals surface area (Å²) >= 11 is 3.72. The fraction of sp³-hybridized carbons (Fsp3) is 0.737. The molecule has 0 aliphatic carbocycles. The van der Waals surface area contributed by atoms with Crippen LogP contribution in [0.5, 0.6) is 0 Å². The molecular weight excluding hydrogens is 614 g/mol. The number of imidazole rings is 1. The minimum atomic E-state index is -5.38. The Morgan fingerprint density at radius 3 is 2.56 bits per heavy atom. The summed E-state index contributed by atoms with van der Waals surface area (Å²) in [6.07, 6.45) is -9.78. The highest BCUT2D eigenvalue weighted by Gasteiger charge is 2.50. The zero-order chi connectivity index (χ0) is 30.3. The topological polar surface area (TPSA) is 275 Å². The summed E-state index contributed by atoms with van der Waals surface area (Å²) in [7, 11) is -1.74. The van der Waals surface area contributed by atoms with Gasteiger partial charge in [-0.25, -0.2) is 24.1 Å². The summed E-state index contributed by atoms with van der Waals surface area (Å²) in [5, 5.41) is 48.9. The predicted molar refractivity (Wildman–Crippen MR) is 140 cm³/mol. The number of aromatic nitrogens is 4. The summed E-state index contributed by atoms with van der Waals surface area (Å²) in [6, 6.07) is -0.237. The van der Waals surface area contributed by atoms with Gasteiger partial charge in [-0.15, -0.1) is 0 Å². The van der Waals surface area contributed by atoms with Crippen LogP contribution >= 0.6 is 26.9 Å². The van der Waals surface area contributed by atoms with E-state index in [-0.39, 0.29) is 11.9 Å². The molecule has 2 aliphatic heterocycles. The van der Waals surface area contributed by atoms with E-state index in [4.69, 9.17) is 24.8 Å². The maximum atomic E-state index is 12.8. The Morgan fingerprint density at radius 2 is 1.90 bits per heavy atom. The van der Waals surface area contributed by atoms with E-state index in [0.717, 1.165) is 0 Å². The summed E-state index contributed by atoms with van der Waals surface area (Å²) in [4.78, 5) is 24.4. The molecule has 0 bridgehead atoms. The molecular formula is C19H32N6O13P2S. The van der Waals surface area contributed by atoms with Crippen molar-refractivity contribution in [2.45, 2.75) is 61.6 Å². The Morgan fingerprint density at radius 1 is 1.20 bits per heavy atom. The van der Waals surface area contributed by atoms with Crippen LogP contribution in [0.15, 0.2) is 12.7 Å². The second kappa shape index (κ2) is 12.7. The summed E-state index contributed by atoms with van der Waals surface area (Å²) < 4.78 is 52.6. The highest BCUT2D eigenvalue weighted by molar-refractivity contribution is 8.45. The van der Waals surface area contributed by atoms with E-state index < -0.39 is 77.0 Å². The Labute approximate surface area is 238 Å². The smallest absolute Gasteiger partial charge is 0.394 e. The largest absolute Gasteiger partial charge is 0.482 e. The van der Waals surface area contributed by atoms with Crippen molar-refractivity contribution in [2.75, 3.05) is 33.0 Å². The number of phosphoric ester groups is 1. The van der Waals surface area contributed by atoms with Gasteiger partial charge in [0.1, 0.15) is 42.4 Å². The first kappa shape index (κ1) is 32.6. The van der Waals surface area contributed by atoms with Gasteiger partial charge in [-0.3, -0.25) is 13.6 Å². The molecule has 0 saturated carbocycles. The third kappa shape index (κ3) is 7.26. The van der Waals surface area contributed by atoms with Crippen LogP contribution in [0, 0.1) is 0 Å². The lowest BCUT2D eigenvalue weighted by Gasteiger charge is -2.41. The van der Waals surface area contributed by atoms with E-state index >= 15 is 0 Å². The van der Waals surface area contributed by atoms with Crippen molar-refractivity contribution in [2.24, 2.45) is 0 Å². The number of aliphatic hydroxyl groups is 5. The summed E-state index contributed by atoms with van der Waals surface area (Å²) in [5.41, 5.74) is 6.68. The van der Waals surface area contributed by atoms with Crippen LogP contribution in [0.4, 0.5) is 5.82 Å². The number of aliphatic hydroxyl groups excluding tert-OH is 5. The van der Waals surface area contributed by atoms with Crippen molar-refractivity contribution in [3.8, 4) is 0 Å². The Bertz CT molecular complexity index is 1310. The van der Waals surface area contributed by atoms with Crippen LogP contribution in [0.2, 0.25) is 0 Å². The molecule has 8 unspecified atom stereocenters. The molecule has 0 aromatic carbocycles. The van der Waals surface area contributed by atoms with Gasteiger partial charge in [-0.1, -0.05) is 12.2 Å². The van der Waals surface area contributed by atoms with Gasteiger partial charge in [0, 0.05) is 0 Å². The van der Waals surface area contributed by atoms with Crippen molar-refractivity contribution < 1.29 is 62.4 Å². The van der Waals surface area contributed by atoms with E-state index in [1.165, 1.54) is 12.7 Å². The minimum absolute atomic E-state index is 0.189. The van der Waals surface area contributed by atoms with Gasteiger partial charge < -0.3 is 50.5 Å². The van der Waals surface area contributed by atoms with Gasteiger partial charge in [-0.2, -0.15) is 4.31 Å². The van der Waals surface area contributed by atoms with Crippen molar-refractivity contribution in [3.05, 3.63) is 12.7 Å². The molecule has 2 saturated heterocycles. The summed E-state index contributed by atoms with van der Waals surface area (Å²) in [5.74, 6) is 0.189. The molecule has 2 aromatic rings. The maximum absolute atomic E-state index is 12.8. The highest BCUT2D eigenvalue weighted by atomic mass is 32.7. The number of hydrogen-bond acceptors (Lipinski definition) is 17. The van der Waals surface area contributed by atoms with E-state index in [9.17, 15) is 34.4 Å². The monoisotopic (exact) mass is 646 g/mol. The van der Waals surface area contributed by atoms with E-state index in [1.807, 2.05) is 19.0 Å². The number of phosphoric acid groups is 1. The fourth-order valence-electron chi connectivity index (χ4n) is 4.47. The number of rotatable bonds is 11. The lowest BCUT2D eigenvalue weighted by molar-refractivity contribution is -0.292. The molecule has 2 fully saturated rings. The van der Waals surface area contributed by atoms with Crippen molar-refractivity contribution in [1.29, 1.82) is 0 Å². The van der Waals surface area contributed by atoms with Crippen molar-refractivity contribution >= 4 is 43.9 Å². The number of nitrogen functional groups attached to an aromatic ring is 1. The van der Waals surface area contributed by atoms with Gasteiger partial charge in [0.05, 0.1) is 31.7 Å². The highest BCUT2D eigenvalue weighted by Crippen LogP contribution is 2.66. The quantitative estimate of drug-likeness (QED) is 0.0966. The number of hydrogen-bond donors (Lipinski definition) is 8. The second-order valence-electron chi connectivity index (χ2n) is 9.61. The molecule has 41 heavy (non-hydrogen) atoms. The van der Waals surface area contributed by atoms with Crippen molar-refractivity contribution in [1.82, 2.24) is 24.4 Å². The molecule has 4 rings (SSSR count). The van der Waals surface area contributed by atoms with Crippen LogP contribution in [-0.2, 0) is 32.0 Å². The molecule has 22 heteroatoms. The van der Waals surface area contributed by atoms with Gasteiger partial charge in [-0.05, 0) is 20.5 Å². The number of thiol groups is 1. The van der Waals surface area contributed by atoms with Crippen LogP contribution in [0.1, 0.15) is 12.6 Å². The molecule has 0 radical (unpaired) electrons. The zero-order valence-electron chi connectivity index (χ0n) is 21.7. The van der Waals surface area contributed by atoms with Crippen LogP contribution in [0.25, 0.3) is 11.2 Å². The molecule has 0 spiro atoms. The third-order valence-corrected chi connectivity index (χ3v) is 10.1. The molecule has 2 aromatic heterocycles. The molecule has 19 nitrogen and oxygen atoms in total. The second-order valence-corrected chi connectivity index (χ2v) is 14.1. The number of anilines is 1. The molecule has 4 heterocycles. The van der Waals surface area contributed by atoms with E-state index in [0.29, 0.717) is 17.6 Å². The van der Waals surface area contributed by atoms with Crippen LogP contribution in [-0.4, -0.2) is 131 Å². The molecule has 8 N–H and O–H groups in total. The summed E-state index contributed by atoms with van der Waals surface area (Å²) in [6.45, 7) is -5.94.